The van der Waals surface area contributed by atoms with Crippen molar-refractivity contribution in [2.45, 2.75) is 31.7 Å². The van der Waals surface area contributed by atoms with Crippen molar-refractivity contribution in [2.24, 2.45) is 0 Å². The van der Waals surface area contributed by atoms with Crippen molar-refractivity contribution < 1.29 is 9.53 Å². The SMILES string of the molecule is COC[C@H](C)NC(=S)NNC(=O)CSc1ccc(C)c(C)c1. The number of hydrogen-bond acceptors (Lipinski definition) is 4. The molecule has 3 N–H and O–H groups in total. The average molecular weight is 342 g/mol. The zero-order valence-electron chi connectivity index (χ0n) is 13.4. The molecule has 122 valence electrons. The second kappa shape index (κ2) is 9.66. The van der Waals surface area contributed by atoms with E-state index in [-0.39, 0.29) is 11.9 Å². The molecular weight excluding hydrogens is 318 g/mol. The van der Waals surface area contributed by atoms with Crippen LogP contribution in [-0.2, 0) is 9.53 Å². The first-order valence-corrected chi connectivity index (χ1v) is 8.36. The van der Waals surface area contributed by atoms with Crippen LogP contribution in [0.4, 0.5) is 0 Å². The lowest BCUT2D eigenvalue weighted by Gasteiger charge is -2.16. The molecule has 5 nitrogen and oxygen atoms in total. The van der Waals surface area contributed by atoms with E-state index in [0.29, 0.717) is 17.5 Å². The Balaban J connectivity index is 2.28. The number of aryl methyl sites for hydroxylation is 2. The van der Waals surface area contributed by atoms with Crippen molar-refractivity contribution in [3.05, 3.63) is 29.3 Å². The number of ether oxygens (including phenoxy) is 1. The normalized spacial score (nSPS) is 11.6. The molecule has 0 aromatic heterocycles. The summed E-state index contributed by atoms with van der Waals surface area (Å²) in [4.78, 5) is 12.9. The van der Waals surface area contributed by atoms with Gasteiger partial charge in [0.05, 0.1) is 12.4 Å². The predicted molar refractivity (Wildman–Crippen MR) is 95.0 cm³/mol. The number of hydrogen-bond donors (Lipinski definition) is 3. The highest BCUT2D eigenvalue weighted by Gasteiger charge is 2.06. The third-order valence-electron chi connectivity index (χ3n) is 2.96. The minimum absolute atomic E-state index is 0.0758. The van der Waals surface area contributed by atoms with E-state index in [1.54, 1.807) is 7.11 Å². The number of thiocarbonyl (C=S) groups is 1. The van der Waals surface area contributed by atoms with Crippen LogP contribution in [0.1, 0.15) is 18.1 Å². The molecule has 1 rings (SSSR count). The van der Waals surface area contributed by atoms with Crippen LogP contribution in [0.5, 0.6) is 0 Å². The Morgan fingerprint density at radius 1 is 1.32 bits per heavy atom. The van der Waals surface area contributed by atoms with Crippen LogP contribution < -0.4 is 16.2 Å². The largest absolute Gasteiger partial charge is 0.383 e. The Kier molecular flexibility index (Phi) is 8.22. The van der Waals surface area contributed by atoms with Crippen LogP contribution in [0.2, 0.25) is 0 Å². The molecule has 0 heterocycles. The Hall–Kier alpha value is -1.31. The Morgan fingerprint density at radius 3 is 2.68 bits per heavy atom. The molecule has 1 aromatic carbocycles. The van der Waals surface area contributed by atoms with E-state index in [4.69, 9.17) is 17.0 Å². The molecule has 0 unspecified atom stereocenters. The van der Waals surface area contributed by atoms with Crippen molar-refractivity contribution in [1.29, 1.82) is 0 Å². The lowest BCUT2D eigenvalue weighted by atomic mass is 10.1. The minimum Gasteiger partial charge on any atom is -0.383 e. The number of thioether (sulfide) groups is 1. The summed E-state index contributed by atoms with van der Waals surface area (Å²) in [6.45, 7) is 6.61. The third kappa shape index (κ3) is 7.11. The van der Waals surface area contributed by atoms with Gasteiger partial charge in [0.25, 0.3) is 0 Å². The number of carbonyl (C=O) groups excluding carboxylic acids is 1. The molecule has 0 saturated carbocycles. The molecule has 0 aliphatic heterocycles. The van der Waals surface area contributed by atoms with E-state index < -0.39 is 0 Å². The van der Waals surface area contributed by atoms with E-state index in [0.717, 1.165) is 4.90 Å². The molecule has 7 heteroatoms. The van der Waals surface area contributed by atoms with Gasteiger partial charge >= 0.3 is 0 Å². The third-order valence-corrected chi connectivity index (χ3v) is 4.17. The fourth-order valence-electron chi connectivity index (χ4n) is 1.67. The first-order valence-electron chi connectivity index (χ1n) is 6.96. The monoisotopic (exact) mass is 341 g/mol. The van der Waals surface area contributed by atoms with Crippen molar-refractivity contribution in [2.75, 3.05) is 19.5 Å². The lowest BCUT2D eigenvalue weighted by Crippen LogP contribution is -2.50. The van der Waals surface area contributed by atoms with Crippen LogP contribution in [0.25, 0.3) is 0 Å². The van der Waals surface area contributed by atoms with Gasteiger partial charge < -0.3 is 10.1 Å². The molecule has 1 amide bonds. The fraction of sp³-hybridized carbons (Fsp3) is 0.467. The van der Waals surface area contributed by atoms with Crippen molar-refractivity contribution >= 4 is 35.0 Å². The number of amides is 1. The highest BCUT2D eigenvalue weighted by atomic mass is 32.2. The Bertz CT molecular complexity index is 524. The summed E-state index contributed by atoms with van der Waals surface area (Å²) < 4.78 is 5.00. The van der Waals surface area contributed by atoms with Gasteiger partial charge in [0.15, 0.2) is 5.11 Å². The maximum atomic E-state index is 11.8. The van der Waals surface area contributed by atoms with Crippen LogP contribution in [0.3, 0.4) is 0 Å². The summed E-state index contributed by atoms with van der Waals surface area (Å²) in [7, 11) is 1.63. The van der Waals surface area contributed by atoms with Crippen LogP contribution in [0.15, 0.2) is 23.1 Å². The Morgan fingerprint density at radius 2 is 2.05 bits per heavy atom. The topological polar surface area (TPSA) is 62.4 Å². The molecule has 0 aliphatic carbocycles. The maximum Gasteiger partial charge on any atom is 0.248 e. The quantitative estimate of drug-likeness (QED) is 0.417. The Labute approximate surface area is 141 Å². The summed E-state index contributed by atoms with van der Waals surface area (Å²) in [6.07, 6.45) is 0. The van der Waals surface area contributed by atoms with E-state index in [2.05, 4.69) is 42.1 Å². The lowest BCUT2D eigenvalue weighted by molar-refractivity contribution is -0.119. The minimum atomic E-state index is -0.133. The maximum absolute atomic E-state index is 11.8. The van der Waals surface area contributed by atoms with Gasteiger partial charge in [0.1, 0.15) is 0 Å². The van der Waals surface area contributed by atoms with Crippen molar-refractivity contribution in [3.8, 4) is 0 Å². The first-order chi connectivity index (χ1) is 10.4. The molecular formula is C15H23N3O2S2. The van der Waals surface area contributed by atoms with Gasteiger partial charge in [-0.15, -0.1) is 11.8 Å². The number of benzene rings is 1. The molecule has 0 fully saturated rings. The number of rotatable bonds is 6. The fourth-order valence-corrected chi connectivity index (χ4v) is 2.71. The zero-order chi connectivity index (χ0) is 16.5. The molecule has 0 spiro atoms. The second-order valence-corrected chi connectivity index (χ2v) is 6.49. The summed E-state index contributed by atoms with van der Waals surface area (Å²) >= 11 is 6.56. The molecule has 0 saturated heterocycles. The molecule has 0 bridgehead atoms. The highest BCUT2D eigenvalue weighted by molar-refractivity contribution is 8.00. The zero-order valence-corrected chi connectivity index (χ0v) is 15.0. The van der Waals surface area contributed by atoms with Gasteiger partial charge in [-0.3, -0.25) is 15.6 Å². The smallest absolute Gasteiger partial charge is 0.248 e. The molecule has 22 heavy (non-hydrogen) atoms. The summed E-state index contributed by atoms with van der Waals surface area (Å²) in [5.41, 5.74) is 7.72. The molecule has 1 atom stereocenters. The highest BCUT2D eigenvalue weighted by Crippen LogP contribution is 2.20. The number of methoxy groups -OCH3 is 1. The summed E-state index contributed by atoms with van der Waals surface area (Å²) in [5.74, 6) is 0.193. The van der Waals surface area contributed by atoms with Gasteiger partial charge in [-0.1, -0.05) is 6.07 Å². The molecule has 1 aromatic rings. The summed E-state index contributed by atoms with van der Waals surface area (Å²) in [5, 5.41) is 3.37. The standard InChI is InChI=1S/C15H23N3O2S2/c1-10-5-6-13(7-11(10)2)22-9-14(19)17-18-15(21)16-12(3)8-20-4/h5-7,12H,8-9H2,1-4H3,(H,17,19)(H2,16,18,21)/t12-/m0/s1. The van der Waals surface area contributed by atoms with E-state index in [9.17, 15) is 4.79 Å². The molecule has 0 aliphatic rings. The number of nitrogens with one attached hydrogen (secondary N) is 3. The van der Waals surface area contributed by atoms with Crippen molar-refractivity contribution in [3.63, 3.8) is 0 Å². The van der Waals surface area contributed by atoms with Crippen LogP contribution >= 0.6 is 24.0 Å². The van der Waals surface area contributed by atoms with E-state index in [1.165, 1.54) is 22.9 Å². The molecule has 0 radical (unpaired) electrons. The van der Waals surface area contributed by atoms with Gasteiger partial charge in [0, 0.05) is 18.0 Å². The van der Waals surface area contributed by atoms with Crippen LogP contribution in [0, 0.1) is 13.8 Å². The average Bonchev–Trinajstić information content (AvgIpc) is 2.46. The van der Waals surface area contributed by atoms with Gasteiger partial charge in [0.2, 0.25) is 5.91 Å². The van der Waals surface area contributed by atoms with Gasteiger partial charge in [-0.2, -0.15) is 0 Å². The van der Waals surface area contributed by atoms with Crippen molar-refractivity contribution in [1.82, 2.24) is 16.2 Å². The van der Waals surface area contributed by atoms with Gasteiger partial charge in [-0.25, -0.2) is 0 Å². The van der Waals surface area contributed by atoms with Crippen LogP contribution in [-0.4, -0.2) is 36.5 Å². The van der Waals surface area contributed by atoms with E-state index in [1.807, 2.05) is 13.0 Å². The first kappa shape index (κ1) is 18.7. The second-order valence-electron chi connectivity index (χ2n) is 5.04. The van der Waals surface area contributed by atoms with E-state index >= 15 is 0 Å². The van der Waals surface area contributed by atoms with Gasteiger partial charge in [-0.05, 0) is 56.2 Å². The predicted octanol–water partition coefficient (Wildman–Crippen LogP) is 1.93. The summed E-state index contributed by atoms with van der Waals surface area (Å²) in [6, 6.07) is 6.24. The number of carbonyl (C=O) groups is 1. The number of hydrazine groups is 1.